The fourth-order valence-electron chi connectivity index (χ4n) is 2.67. The van der Waals surface area contributed by atoms with E-state index in [1.54, 1.807) is 0 Å². The van der Waals surface area contributed by atoms with Crippen LogP contribution in [-0.4, -0.2) is 28.5 Å². The first kappa shape index (κ1) is 8.30. The van der Waals surface area contributed by atoms with Gasteiger partial charge < -0.3 is 4.90 Å². The van der Waals surface area contributed by atoms with Gasteiger partial charge in [0.2, 0.25) is 0 Å². The zero-order chi connectivity index (χ0) is 8.06. The Morgan fingerprint density at radius 3 is 2.18 bits per heavy atom. The molecule has 0 radical (unpaired) electrons. The highest BCUT2D eigenvalue weighted by atomic mass is 127. The van der Waals surface area contributed by atoms with Crippen LogP contribution in [-0.2, 0) is 0 Å². The quantitative estimate of drug-likeness (QED) is 0.479. The van der Waals surface area contributed by atoms with Crippen molar-refractivity contribution in [2.45, 2.75) is 23.2 Å². The minimum Gasteiger partial charge on any atom is -0.306 e. The van der Waals surface area contributed by atoms with Crippen molar-refractivity contribution >= 4 is 22.6 Å². The third-order valence-corrected chi connectivity index (χ3v) is 5.29. The van der Waals surface area contributed by atoms with Crippen LogP contribution in [0.2, 0.25) is 0 Å². The van der Waals surface area contributed by atoms with Crippen molar-refractivity contribution in [3.05, 3.63) is 0 Å². The van der Waals surface area contributed by atoms with Crippen LogP contribution in [0.5, 0.6) is 0 Å². The van der Waals surface area contributed by atoms with Gasteiger partial charge in [-0.15, -0.1) is 0 Å². The van der Waals surface area contributed by atoms with E-state index in [0.29, 0.717) is 3.42 Å². The van der Waals surface area contributed by atoms with E-state index >= 15 is 0 Å². The summed E-state index contributed by atoms with van der Waals surface area (Å²) in [6, 6.07) is 0. The van der Waals surface area contributed by atoms with Crippen LogP contribution < -0.4 is 0 Å². The minimum atomic E-state index is 0.615. The number of likely N-dealkylation sites (tertiary alicyclic amines) is 1. The molecule has 2 atom stereocenters. The monoisotopic (exact) mass is 265 g/mol. The molecule has 1 saturated carbocycles. The number of halogens is 1. The lowest BCUT2D eigenvalue weighted by Crippen LogP contribution is -2.46. The maximum absolute atomic E-state index is 2.69. The topological polar surface area (TPSA) is 3.24 Å². The molecule has 2 heteroatoms. The molecule has 1 aliphatic heterocycles. The highest BCUT2D eigenvalue weighted by molar-refractivity contribution is 14.1. The first-order chi connectivity index (χ1) is 5.10. The Labute approximate surface area is 82.7 Å². The third-order valence-electron chi connectivity index (χ3n) is 3.52. The summed E-state index contributed by atoms with van der Waals surface area (Å²) in [4.78, 5) is 2.50. The van der Waals surface area contributed by atoms with Crippen molar-refractivity contribution in [1.82, 2.24) is 4.90 Å². The van der Waals surface area contributed by atoms with Gasteiger partial charge in [0, 0.05) is 16.5 Å². The van der Waals surface area contributed by atoms with Crippen LogP contribution in [0.25, 0.3) is 0 Å². The second-order valence-corrected chi connectivity index (χ2v) is 6.67. The predicted molar refractivity (Wildman–Crippen MR) is 56.1 cm³/mol. The molecule has 64 valence electrons. The summed E-state index contributed by atoms with van der Waals surface area (Å²) in [6.07, 6.45) is 2.93. The Morgan fingerprint density at radius 1 is 1.27 bits per heavy atom. The molecule has 2 rings (SSSR count). The highest BCUT2D eigenvalue weighted by Crippen LogP contribution is 2.50. The molecule has 1 nitrogen and oxygen atoms in total. The zero-order valence-corrected chi connectivity index (χ0v) is 9.47. The van der Waals surface area contributed by atoms with E-state index in [4.69, 9.17) is 0 Å². The van der Waals surface area contributed by atoms with Crippen LogP contribution in [0.15, 0.2) is 0 Å². The summed E-state index contributed by atoms with van der Waals surface area (Å²) in [5, 5.41) is 0. The normalized spacial score (nSPS) is 51.5. The first-order valence-electron chi connectivity index (χ1n) is 4.48. The fraction of sp³-hybridized carbons (Fsp3) is 1.00. The Hall–Kier alpha value is 0.690. The largest absolute Gasteiger partial charge is 0.306 e. The van der Waals surface area contributed by atoms with Gasteiger partial charge in [-0.05, 0) is 38.6 Å². The van der Waals surface area contributed by atoms with Gasteiger partial charge in [0.1, 0.15) is 0 Å². The predicted octanol–water partition coefficient (Wildman–Crippen LogP) is 2.15. The molecule has 2 aliphatic rings. The first-order valence-corrected chi connectivity index (χ1v) is 5.56. The van der Waals surface area contributed by atoms with E-state index in [0.717, 1.165) is 11.8 Å². The number of fused-ring (bicyclic) bond motifs is 2. The number of nitrogens with zero attached hydrogens (tertiary/aromatic N) is 1. The number of piperidine rings is 1. The van der Waals surface area contributed by atoms with Gasteiger partial charge in [-0.2, -0.15) is 0 Å². The summed E-state index contributed by atoms with van der Waals surface area (Å²) >= 11 is 2.69. The minimum absolute atomic E-state index is 0.615. The van der Waals surface area contributed by atoms with Crippen molar-refractivity contribution in [2.75, 3.05) is 20.1 Å². The van der Waals surface area contributed by atoms with Crippen LogP contribution in [0, 0.1) is 11.8 Å². The lowest BCUT2D eigenvalue weighted by Gasteiger charge is -2.40. The van der Waals surface area contributed by atoms with E-state index in [9.17, 15) is 0 Å². The second-order valence-electron chi connectivity index (χ2n) is 4.34. The SMILES string of the molecule is CN1CC2CCC(C1)C2(C)I. The zero-order valence-electron chi connectivity index (χ0n) is 7.31. The molecule has 0 aromatic rings. The maximum Gasteiger partial charge on any atom is 0.0274 e. The van der Waals surface area contributed by atoms with E-state index in [2.05, 4.69) is 41.5 Å². The molecule has 2 fully saturated rings. The van der Waals surface area contributed by atoms with Crippen molar-refractivity contribution in [3.8, 4) is 0 Å². The molecular weight excluding hydrogens is 249 g/mol. The van der Waals surface area contributed by atoms with E-state index in [-0.39, 0.29) is 0 Å². The van der Waals surface area contributed by atoms with Gasteiger partial charge >= 0.3 is 0 Å². The van der Waals surface area contributed by atoms with Gasteiger partial charge in [0.05, 0.1) is 0 Å². The molecule has 2 bridgehead atoms. The molecule has 1 saturated heterocycles. The Balaban J connectivity index is 2.19. The average Bonchev–Trinajstić information content (AvgIpc) is 2.19. The lowest BCUT2D eigenvalue weighted by molar-refractivity contribution is 0.175. The Morgan fingerprint density at radius 2 is 1.73 bits per heavy atom. The fourth-order valence-corrected chi connectivity index (χ4v) is 3.68. The highest BCUT2D eigenvalue weighted by Gasteiger charge is 2.48. The molecule has 0 aromatic heterocycles. The van der Waals surface area contributed by atoms with E-state index in [1.165, 1.54) is 25.9 Å². The summed E-state index contributed by atoms with van der Waals surface area (Å²) in [7, 11) is 2.26. The van der Waals surface area contributed by atoms with Gasteiger partial charge in [-0.25, -0.2) is 0 Å². The molecule has 0 aromatic carbocycles. The number of hydrogen-bond acceptors (Lipinski definition) is 1. The molecule has 2 unspecified atom stereocenters. The molecule has 0 N–H and O–H groups in total. The van der Waals surface area contributed by atoms with Crippen molar-refractivity contribution < 1.29 is 0 Å². The molecule has 0 amide bonds. The number of hydrogen-bond donors (Lipinski definition) is 0. The van der Waals surface area contributed by atoms with Gasteiger partial charge in [-0.3, -0.25) is 0 Å². The third kappa shape index (κ3) is 1.22. The Kier molecular flexibility index (Phi) is 1.95. The average molecular weight is 265 g/mol. The summed E-state index contributed by atoms with van der Waals surface area (Å²) in [5.74, 6) is 1.93. The van der Waals surface area contributed by atoms with Gasteiger partial charge in [0.15, 0.2) is 0 Å². The van der Waals surface area contributed by atoms with Gasteiger partial charge in [0.25, 0.3) is 0 Å². The number of rotatable bonds is 0. The van der Waals surface area contributed by atoms with Crippen molar-refractivity contribution in [3.63, 3.8) is 0 Å². The molecule has 1 heterocycles. The second kappa shape index (κ2) is 2.59. The molecule has 11 heavy (non-hydrogen) atoms. The van der Waals surface area contributed by atoms with Crippen molar-refractivity contribution in [2.24, 2.45) is 11.8 Å². The number of alkyl halides is 1. The Bertz CT molecular complexity index is 151. The smallest absolute Gasteiger partial charge is 0.0274 e. The summed E-state index contributed by atoms with van der Waals surface area (Å²) < 4.78 is 0.615. The molecule has 0 spiro atoms. The van der Waals surface area contributed by atoms with Crippen LogP contribution in [0.1, 0.15) is 19.8 Å². The molecule has 1 aliphatic carbocycles. The molecular formula is C9H16IN. The van der Waals surface area contributed by atoms with Crippen molar-refractivity contribution in [1.29, 1.82) is 0 Å². The standard InChI is InChI=1S/C9H16IN/c1-9(10)7-3-4-8(9)6-11(2)5-7/h7-8H,3-6H2,1-2H3. The summed E-state index contributed by atoms with van der Waals surface area (Å²) in [5.41, 5.74) is 0. The maximum atomic E-state index is 2.69. The van der Waals surface area contributed by atoms with Gasteiger partial charge in [-0.1, -0.05) is 22.6 Å². The van der Waals surface area contributed by atoms with Crippen LogP contribution in [0.4, 0.5) is 0 Å². The van der Waals surface area contributed by atoms with Crippen LogP contribution >= 0.6 is 22.6 Å². The van der Waals surface area contributed by atoms with E-state index < -0.39 is 0 Å². The lowest BCUT2D eigenvalue weighted by atomic mass is 9.87. The van der Waals surface area contributed by atoms with E-state index in [1.807, 2.05) is 0 Å². The summed E-state index contributed by atoms with van der Waals surface area (Å²) in [6.45, 7) is 5.11. The van der Waals surface area contributed by atoms with Crippen LogP contribution in [0.3, 0.4) is 0 Å².